The Kier molecular flexibility index (Phi) is 3.69. The summed E-state index contributed by atoms with van der Waals surface area (Å²) in [5.41, 5.74) is 1.69. The lowest BCUT2D eigenvalue weighted by molar-refractivity contribution is 0.0995. The topological polar surface area (TPSA) is 26.3 Å². The average molecular weight is 257 g/mol. The van der Waals surface area contributed by atoms with Crippen LogP contribution in [0.15, 0.2) is 18.2 Å². The van der Waals surface area contributed by atoms with Crippen molar-refractivity contribution in [2.24, 2.45) is 0 Å². The second kappa shape index (κ2) is 4.60. The van der Waals surface area contributed by atoms with Crippen molar-refractivity contribution >= 4 is 21.7 Å². The first-order valence-electron chi connectivity index (χ1n) is 4.39. The summed E-state index contributed by atoms with van der Waals surface area (Å²) in [6, 6.07) is 5.52. The summed E-state index contributed by atoms with van der Waals surface area (Å²) in [4.78, 5) is 11.6. The van der Waals surface area contributed by atoms with Gasteiger partial charge in [-0.1, -0.05) is 22.0 Å². The summed E-state index contributed by atoms with van der Waals surface area (Å²) >= 11 is 3.27. The van der Waals surface area contributed by atoms with Crippen LogP contribution in [0.3, 0.4) is 0 Å². The van der Waals surface area contributed by atoms with Gasteiger partial charge in [-0.15, -0.1) is 0 Å². The Morgan fingerprint density at radius 3 is 2.64 bits per heavy atom. The van der Waals surface area contributed by atoms with E-state index < -0.39 is 0 Å². The van der Waals surface area contributed by atoms with Gasteiger partial charge in [-0.3, -0.25) is 4.79 Å². The van der Waals surface area contributed by atoms with Gasteiger partial charge in [-0.05, 0) is 31.5 Å². The standard InChI is InChI=1S/C11H13BrO2/c1-7-4-5-9(14-3)6-10(7)11(13)8(2)12/h4-6,8H,1-3H3. The van der Waals surface area contributed by atoms with Crippen molar-refractivity contribution in [3.8, 4) is 5.75 Å². The third kappa shape index (κ3) is 2.35. The Morgan fingerprint density at radius 1 is 1.50 bits per heavy atom. The van der Waals surface area contributed by atoms with Crippen LogP contribution in [0.4, 0.5) is 0 Å². The minimum atomic E-state index is -0.159. The first-order chi connectivity index (χ1) is 6.56. The molecule has 1 rings (SSSR count). The number of Topliss-reactive ketones (excluding diaryl/α,β-unsaturated/α-hetero) is 1. The van der Waals surface area contributed by atoms with Gasteiger partial charge in [0, 0.05) is 5.56 Å². The molecule has 0 aliphatic heterocycles. The molecular weight excluding hydrogens is 244 g/mol. The van der Waals surface area contributed by atoms with Crippen LogP contribution in [0.5, 0.6) is 5.75 Å². The fourth-order valence-electron chi connectivity index (χ4n) is 1.21. The number of carbonyl (C=O) groups is 1. The second-order valence-corrected chi connectivity index (χ2v) is 4.53. The van der Waals surface area contributed by atoms with E-state index >= 15 is 0 Å². The van der Waals surface area contributed by atoms with Gasteiger partial charge in [0.15, 0.2) is 5.78 Å². The van der Waals surface area contributed by atoms with Crippen molar-refractivity contribution in [1.29, 1.82) is 0 Å². The molecule has 2 nitrogen and oxygen atoms in total. The van der Waals surface area contributed by atoms with Crippen molar-refractivity contribution < 1.29 is 9.53 Å². The lowest BCUT2D eigenvalue weighted by Crippen LogP contribution is -2.11. The lowest BCUT2D eigenvalue weighted by atomic mass is 10.0. The monoisotopic (exact) mass is 256 g/mol. The molecule has 1 aromatic carbocycles. The summed E-state index contributed by atoms with van der Waals surface area (Å²) in [6.07, 6.45) is 0. The SMILES string of the molecule is COc1ccc(C)c(C(=O)C(C)Br)c1. The number of benzene rings is 1. The summed E-state index contributed by atoms with van der Waals surface area (Å²) in [5, 5.41) is 0. The lowest BCUT2D eigenvalue weighted by Gasteiger charge is -2.08. The van der Waals surface area contributed by atoms with E-state index in [9.17, 15) is 4.79 Å². The molecule has 0 aromatic heterocycles. The van der Waals surface area contributed by atoms with Crippen LogP contribution in [-0.4, -0.2) is 17.7 Å². The number of hydrogen-bond acceptors (Lipinski definition) is 2. The fraction of sp³-hybridized carbons (Fsp3) is 0.364. The molecule has 0 heterocycles. The van der Waals surface area contributed by atoms with Crippen molar-refractivity contribution in [3.63, 3.8) is 0 Å². The summed E-state index contributed by atoms with van der Waals surface area (Å²) in [5.74, 6) is 0.800. The van der Waals surface area contributed by atoms with Crippen molar-refractivity contribution in [3.05, 3.63) is 29.3 Å². The molecule has 0 fully saturated rings. The first kappa shape index (κ1) is 11.2. The maximum atomic E-state index is 11.7. The predicted molar refractivity (Wildman–Crippen MR) is 60.5 cm³/mol. The zero-order valence-electron chi connectivity index (χ0n) is 8.50. The number of ether oxygens (including phenoxy) is 1. The summed E-state index contributed by atoms with van der Waals surface area (Å²) in [6.45, 7) is 3.74. The number of hydrogen-bond donors (Lipinski definition) is 0. The van der Waals surface area contributed by atoms with Gasteiger partial charge in [0.2, 0.25) is 0 Å². The number of rotatable bonds is 3. The predicted octanol–water partition coefficient (Wildman–Crippen LogP) is 2.97. The minimum Gasteiger partial charge on any atom is -0.497 e. The molecule has 0 bridgehead atoms. The van der Waals surface area contributed by atoms with Crippen LogP contribution in [0.25, 0.3) is 0 Å². The Bertz CT molecular complexity index is 345. The molecule has 1 unspecified atom stereocenters. The Balaban J connectivity index is 3.12. The zero-order valence-corrected chi connectivity index (χ0v) is 10.1. The van der Waals surface area contributed by atoms with E-state index in [1.54, 1.807) is 13.2 Å². The van der Waals surface area contributed by atoms with Crippen LogP contribution in [0.2, 0.25) is 0 Å². The minimum absolute atomic E-state index is 0.0846. The number of ketones is 1. The third-order valence-corrected chi connectivity index (χ3v) is 2.49. The van der Waals surface area contributed by atoms with Gasteiger partial charge in [0.25, 0.3) is 0 Å². The molecule has 0 N–H and O–H groups in total. The number of alkyl halides is 1. The highest BCUT2D eigenvalue weighted by Gasteiger charge is 2.14. The largest absolute Gasteiger partial charge is 0.497 e. The van der Waals surface area contributed by atoms with Crippen LogP contribution in [0, 0.1) is 6.92 Å². The van der Waals surface area contributed by atoms with E-state index in [1.807, 2.05) is 26.0 Å². The number of carbonyl (C=O) groups excluding carboxylic acids is 1. The van der Waals surface area contributed by atoms with Crippen molar-refractivity contribution in [2.45, 2.75) is 18.7 Å². The van der Waals surface area contributed by atoms with Crippen LogP contribution in [0.1, 0.15) is 22.8 Å². The molecule has 1 atom stereocenters. The van der Waals surface area contributed by atoms with Gasteiger partial charge in [-0.2, -0.15) is 0 Å². The second-order valence-electron chi connectivity index (χ2n) is 3.16. The highest BCUT2D eigenvalue weighted by molar-refractivity contribution is 9.10. The first-order valence-corrected chi connectivity index (χ1v) is 5.30. The molecule has 0 saturated carbocycles. The molecule has 0 amide bonds. The zero-order chi connectivity index (χ0) is 10.7. The number of methoxy groups -OCH3 is 1. The molecule has 14 heavy (non-hydrogen) atoms. The van der Waals surface area contributed by atoms with Crippen LogP contribution in [-0.2, 0) is 0 Å². The highest BCUT2D eigenvalue weighted by atomic mass is 79.9. The molecule has 76 valence electrons. The molecule has 3 heteroatoms. The maximum absolute atomic E-state index is 11.7. The Hall–Kier alpha value is -0.830. The normalized spacial score (nSPS) is 12.3. The molecule has 0 spiro atoms. The molecule has 0 saturated heterocycles. The van der Waals surface area contributed by atoms with E-state index in [1.165, 1.54) is 0 Å². The van der Waals surface area contributed by atoms with Gasteiger partial charge in [0.05, 0.1) is 11.9 Å². The number of halogens is 1. The highest BCUT2D eigenvalue weighted by Crippen LogP contribution is 2.20. The van der Waals surface area contributed by atoms with Gasteiger partial charge in [-0.25, -0.2) is 0 Å². The van der Waals surface area contributed by atoms with Gasteiger partial charge in [0.1, 0.15) is 5.75 Å². The molecule has 0 aliphatic rings. The van der Waals surface area contributed by atoms with Crippen molar-refractivity contribution in [1.82, 2.24) is 0 Å². The number of aryl methyl sites for hydroxylation is 1. The van der Waals surface area contributed by atoms with E-state index in [2.05, 4.69) is 15.9 Å². The van der Waals surface area contributed by atoms with Crippen molar-refractivity contribution in [2.75, 3.05) is 7.11 Å². The van der Waals surface area contributed by atoms with Gasteiger partial charge < -0.3 is 4.74 Å². The van der Waals surface area contributed by atoms with E-state index in [-0.39, 0.29) is 10.6 Å². The Labute approximate surface area is 92.4 Å². The molecule has 0 aliphatic carbocycles. The molecular formula is C11H13BrO2. The molecule has 0 radical (unpaired) electrons. The van der Waals surface area contributed by atoms with Crippen LogP contribution >= 0.6 is 15.9 Å². The summed E-state index contributed by atoms with van der Waals surface area (Å²) < 4.78 is 5.07. The fourth-order valence-corrected chi connectivity index (χ4v) is 1.45. The summed E-state index contributed by atoms with van der Waals surface area (Å²) in [7, 11) is 1.59. The van der Waals surface area contributed by atoms with Gasteiger partial charge >= 0.3 is 0 Å². The van der Waals surface area contributed by atoms with E-state index in [0.29, 0.717) is 11.3 Å². The quantitative estimate of drug-likeness (QED) is 0.614. The smallest absolute Gasteiger partial charge is 0.176 e. The van der Waals surface area contributed by atoms with E-state index in [4.69, 9.17) is 4.74 Å². The molecule has 1 aromatic rings. The van der Waals surface area contributed by atoms with Crippen LogP contribution < -0.4 is 4.74 Å². The third-order valence-electron chi connectivity index (χ3n) is 2.07. The van der Waals surface area contributed by atoms with E-state index in [0.717, 1.165) is 5.56 Å². The average Bonchev–Trinajstić information content (AvgIpc) is 2.17. The Morgan fingerprint density at radius 2 is 2.14 bits per heavy atom. The maximum Gasteiger partial charge on any atom is 0.176 e.